The fraction of sp³-hybridized carbons (Fsp3) is 0.619. The van der Waals surface area contributed by atoms with Gasteiger partial charge in [0.1, 0.15) is 0 Å². The summed E-state index contributed by atoms with van der Waals surface area (Å²) in [6.07, 6.45) is 5.88. The number of pyridine rings is 1. The van der Waals surface area contributed by atoms with Crippen molar-refractivity contribution in [2.75, 3.05) is 13.1 Å². The molecule has 2 amide bonds. The highest BCUT2D eigenvalue weighted by Gasteiger charge is 2.41. The van der Waals surface area contributed by atoms with Crippen LogP contribution in [0.1, 0.15) is 66.2 Å². The van der Waals surface area contributed by atoms with Crippen LogP contribution in [-0.2, 0) is 11.8 Å². The summed E-state index contributed by atoms with van der Waals surface area (Å²) in [5, 5.41) is 8.59. The van der Waals surface area contributed by atoms with Crippen LogP contribution in [0.25, 0.3) is 11.0 Å². The second kappa shape index (κ2) is 6.65. The van der Waals surface area contributed by atoms with Crippen molar-refractivity contribution in [1.29, 1.82) is 0 Å². The largest absolute Gasteiger partial charge is 0.316 e. The topological polar surface area (TPSA) is 80.1 Å². The third kappa shape index (κ3) is 3.02. The Kier molecular flexibility index (Phi) is 4.23. The van der Waals surface area contributed by atoms with Gasteiger partial charge in [0, 0.05) is 31.2 Å². The van der Waals surface area contributed by atoms with Gasteiger partial charge in [-0.2, -0.15) is 5.10 Å². The van der Waals surface area contributed by atoms with E-state index < -0.39 is 0 Å². The number of rotatable bonds is 4. The van der Waals surface area contributed by atoms with E-state index in [1.54, 1.807) is 9.58 Å². The summed E-state index contributed by atoms with van der Waals surface area (Å²) in [6.45, 7) is 3.53. The van der Waals surface area contributed by atoms with Crippen LogP contribution < -0.4 is 5.32 Å². The van der Waals surface area contributed by atoms with Gasteiger partial charge in [-0.05, 0) is 58.1 Å². The Balaban J connectivity index is 1.57. The monoisotopic (exact) mass is 381 g/mol. The summed E-state index contributed by atoms with van der Waals surface area (Å²) in [6, 6.07) is 1.98. The minimum Gasteiger partial charge on any atom is -0.316 e. The highest BCUT2D eigenvalue weighted by Crippen LogP contribution is 2.41. The fourth-order valence-electron chi connectivity index (χ4n) is 4.39. The van der Waals surface area contributed by atoms with E-state index in [1.165, 1.54) is 0 Å². The van der Waals surface area contributed by atoms with Crippen LogP contribution in [0.15, 0.2) is 6.07 Å². The molecule has 2 aromatic rings. The van der Waals surface area contributed by atoms with Crippen molar-refractivity contribution < 1.29 is 9.59 Å². The lowest BCUT2D eigenvalue weighted by molar-refractivity contribution is -0.133. The molecule has 2 aromatic heterocycles. The Morgan fingerprint density at radius 1 is 1.21 bits per heavy atom. The van der Waals surface area contributed by atoms with E-state index in [0.29, 0.717) is 18.0 Å². The maximum atomic E-state index is 13.7. The number of aromatic nitrogens is 3. The number of piperidine rings is 1. The predicted molar refractivity (Wildman–Crippen MR) is 105 cm³/mol. The van der Waals surface area contributed by atoms with E-state index in [1.807, 2.05) is 20.0 Å². The van der Waals surface area contributed by atoms with Gasteiger partial charge in [-0.1, -0.05) is 0 Å². The highest BCUT2D eigenvalue weighted by atomic mass is 16.2. The zero-order valence-electron chi connectivity index (χ0n) is 16.6. The summed E-state index contributed by atoms with van der Waals surface area (Å²) in [5.41, 5.74) is 3.09. The van der Waals surface area contributed by atoms with Crippen LogP contribution in [0.4, 0.5) is 0 Å². The second-order valence-corrected chi connectivity index (χ2v) is 8.56. The molecule has 3 fully saturated rings. The van der Waals surface area contributed by atoms with E-state index in [2.05, 4.69) is 10.4 Å². The summed E-state index contributed by atoms with van der Waals surface area (Å²) in [5.74, 6) is 0.148. The lowest BCUT2D eigenvalue weighted by atomic mass is 9.97. The first-order chi connectivity index (χ1) is 13.5. The molecule has 1 saturated heterocycles. The van der Waals surface area contributed by atoms with Gasteiger partial charge >= 0.3 is 0 Å². The van der Waals surface area contributed by atoms with E-state index in [9.17, 15) is 9.59 Å². The van der Waals surface area contributed by atoms with E-state index in [-0.39, 0.29) is 23.8 Å². The van der Waals surface area contributed by atoms with Crippen LogP contribution in [-0.4, -0.2) is 50.6 Å². The van der Waals surface area contributed by atoms with Crippen molar-refractivity contribution >= 4 is 22.8 Å². The van der Waals surface area contributed by atoms with E-state index in [4.69, 9.17) is 4.98 Å². The summed E-state index contributed by atoms with van der Waals surface area (Å²) < 4.78 is 1.75. The molecule has 2 saturated carbocycles. The highest BCUT2D eigenvalue weighted by molar-refractivity contribution is 6.12. The van der Waals surface area contributed by atoms with Gasteiger partial charge in [0.2, 0.25) is 5.91 Å². The normalized spacial score (nSPS) is 22.4. The molecule has 1 N–H and O–H groups in total. The molecule has 7 nitrogen and oxygen atoms in total. The first-order valence-corrected chi connectivity index (χ1v) is 10.5. The third-order valence-electron chi connectivity index (χ3n) is 6.23. The number of aryl methyl sites for hydroxylation is 2. The van der Waals surface area contributed by atoms with Gasteiger partial charge in [-0.3, -0.25) is 19.2 Å². The summed E-state index contributed by atoms with van der Waals surface area (Å²) >= 11 is 0. The molecule has 1 unspecified atom stereocenters. The van der Waals surface area contributed by atoms with Crippen molar-refractivity contribution in [2.24, 2.45) is 13.0 Å². The van der Waals surface area contributed by atoms with Crippen LogP contribution in [0.3, 0.4) is 0 Å². The molecule has 0 bridgehead atoms. The first kappa shape index (κ1) is 17.8. The number of amides is 2. The Labute approximate surface area is 164 Å². The average Bonchev–Trinajstić information content (AvgIpc) is 3.61. The van der Waals surface area contributed by atoms with Crippen LogP contribution in [0, 0.1) is 12.8 Å². The third-order valence-corrected chi connectivity index (χ3v) is 6.23. The number of nitrogens with zero attached hydrogens (tertiary/aromatic N) is 4. The number of carbonyl (C=O) groups is 2. The minimum absolute atomic E-state index is 0.0147. The van der Waals surface area contributed by atoms with Gasteiger partial charge < -0.3 is 5.32 Å². The number of carbonyl (C=O) groups excluding carboxylic acids is 2. The summed E-state index contributed by atoms with van der Waals surface area (Å²) in [4.78, 5) is 33.3. The molecule has 0 radical (unpaired) electrons. The lowest BCUT2D eigenvalue weighted by Gasteiger charge is -2.28. The maximum absolute atomic E-state index is 13.7. The fourth-order valence-corrected chi connectivity index (χ4v) is 4.39. The van der Waals surface area contributed by atoms with Crippen molar-refractivity contribution in [3.8, 4) is 0 Å². The molecule has 2 aliphatic carbocycles. The zero-order valence-corrected chi connectivity index (χ0v) is 16.6. The van der Waals surface area contributed by atoms with Crippen LogP contribution >= 0.6 is 0 Å². The molecule has 3 aliphatic rings. The van der Waals surface area contributed by atoms with Crippen molar-refractivity contribution in [2.45, 2.75) is 57.4 Å². The van der Waals surface area contributed by atoms with Crippen LogP contribution in [0.2, 0.25) is 0 Å². The Hall–Kier alpha value is -2.28. The molecular formula is C21H27N5O2. The van der Waals surface area contributed by atoms with Crippen LogP contribution in [0.5, 0.6) is 0 Å². The number of hydrogen-bond donors (Lipinski definition) is 1. The molecule has 3 heterocycles. The first-order valence-electron chi connectivity index (χ1n) is 10.5. The van der Waals surface area contributed by atoms with Gasteiger partial charge in [0.05, 0.1) is 22.6 Å². The average molecular weight is 381 g/mol. The predicted octanol–water partition coefficient (Wildman–Crippen LogP) is 2.28. The molecule has 1 atom stereocenters. The minimum atomic E-state index is -0.163. The number of hydrogen-bond acceptors (Lipinski definition) is 5. The molecular weight excluding hydrogens is 354 g/mol. The Morgan fingerprint density at radius 2 is 2.00 bits per heavy atom. The molecule has 0 aromatic carbocycles. The zero-order chi connectivity index (χ0) is 19.4. The Bertz CT molecular complexity index is 951. The molecule has 7 heteroatoms. The van der Waals surface area contributed by atoms with Crippen molar-refractivity contribution in [1.82, 2.24) is 25.0 Å². The molecule has 1 aliphatic heterocycles. The van der Waals surface area contributed by atoms with E-state index in [0.717, 1.165) is 67.5 Å². The molecule has 28 heavy (non-hydrogen) atoms. The quantitative estimate of drug-likeness (QED) is 0.822. The maximum Gasteiger partial charge on any atom is 0.261 e. The summed E-state index contributed by atoms with van der Waals surface area (Å²) in [7, 11) is 1.87. The second-order valence-electron chi connectivity index (χ2n) is 8.56. The van der Waals surface area contributed by atoms with Gasteiger partial charge in [-0.25, -0.2) is 4.98 Å². The Morgan fingerprint density at radius 3 is 2.64 bits per heavy atom. The molecule has 0 spiro atoms. The molecule has 148 valence electrons. The standard InChI is InChI=1S/C21H27N5O2/c1-12-18-16(10-17(13-5-6-13)23-19(18)25(2)24-12)21(28)26(15-7-8-15)20(27)14-4-3-9-22-11-14/h10,13-15,22H,3-9,11H2,1-2H3. The van der Waals surface area contributed by atoms with Gasteiger partial charge in [0.15, 0.2) is 5.65 Å². The smallest absolute Gasteiger partial charge is 0.261 e. The number of imide groups is 1. The lowest BCUT2D eigenvalue weighted by Crippen LogP contribution is -2.46. The van der Waals surface area contributed by atoms with Crippen molar-refractivity contribution in [3.05, 3.63) is 23.0 Å². The van der Waals surface area contributed by atoms with E-state index >= 15 is 0 Å². The van der Waals surface area contributed by atoms with Gasteiger partial charge in [-0.15, -0.1) is 0 Å². The van der Waals surface area contributed by atoms with Crippen molar-refractivity contribution in [3.63, 3.8) is 0 Å². The number of nitrogens with one attached hydrogen (secondary N) is 1. The molecule has 5 rings (SSSR count). The SMILES string of the molecule is Cc1nn(C)c2nc(C3CC3)cc(C(=O)N(C(=O)C3CCCNC3)C3CC3)c12. The van der Waals surface area contributed by atoms with Gasteiger partial charge in [0.25, 0.3) is 5.91 Å². The number of fused-ring (bicyclic) bond motifs is 1.